The highest BCUT2D eigenvalue weighted by Crippen LogP contribution is 2.26. The fourth-order valence-electron chi connectivity index (χ4n) is 1.03. The van der Waals surface area contributed by atoms with Gasteiger partial charge in [-0.1, -0.05) is 0 Å². The van der Waals surface area contributed by atoms with E-state index in [1.807, 2.05) is 0 Å². The molecule has 0 aliphatic rings. The second-order valence-corrected chi connectivity index (χ2v) is 2.90. The minimum absolute atomic E-state index is 0.0837. The molecule has 0 aliphatic carbocycles. The van der Waals surface area contributed by atoms with Crippen molar-refractivity contribution < 1.29 is 17.9 Å². The molecule has 80 valence electrons. The molecule has 1 rings (SSSR count). The van der Waals surface area contributed by atoms with E-state index in [1.165, 1.54) is 19.9 Å². The van der Waals surface area contributed by atoms with Crippen molar-refractivity contribution in [1.82, 2.24) is 4.98 Å². The number of pyridine rings is 1. The maximum Gasteiger partial charge on any atom is 0.574 e. The molecule has 6 heteroatoms. The van der Waals surface area contributed by atoms with Gasteiger partial charge in [0.05, 0.1) is 11.6 Å². The van der Waals surface area contributed by atoms with E-state index in [0.717, 1.165) is 0 Å². The highest BCUT2D eigenvalue weighted by Gasteiger charge is 2.33. The van der Waals surface area contributed by atoms with E-state index in [9.17, 15) is 13.2 Å². The first-order valence-corrected chi connectivity index (χ1v) is 3.97. The summed E-state index contributed by atoms with van der Waals surface area (Å²) in [5.74, 6) is -0.570. The molecule has 1 heterocycles. The Morgan fingerprint density at radius 1 is 1.40 bits per heavy atom. The number of aromatic nitrogens is 1. The van der Waals surface area contributed by atoms with Crippen molar-refractivity contribution in [3.63, 3.8) is 0 Å². The molecule has 0 aromatic carbocycles. The van der Waals surface area contributed by atoms with E-state index < -0.39 is 12.2 Å². The third kappa shape index (κ3) is 2.84. The average Bonchev–Trinajstić information content (AvgIpc) is 2.08. The van der Waals surface area contributed by atoms with Gasteiger partial charge >= 0.3 is 6.36 Å². The van der Waals surface area contributed by atoms with Crippen LogP contribution in [-0.2, 0) is 0 Å². The number of halogens is 3. The summed E-state index contributed by atoms with van der Waals surface area (Å²) in [7, 11) is 0. The summed E-state index contributed by atoms with van der Waals surface area (Å²) in [4.78, 5) is 3.57. The number of hydrogen-bond donors (Lipinski definition) is 0. The number of alkyl halides is 3. The van der Waals surface area contributed by atoms with Crippen molar-refractivity contribution >= 4 is 0 Å². The fourth-order valence-corrected chi connectivity index (χ4v) is 1.03. The van der Waals surface area contributed by atoms with E-state index >= 15 is 0 Å². The first-order chi connectivity index (χ1) is 6.83. The molecule has 0 bridgehead atoms. The Labute approximate surface area is 84.1 Å². The molecule has 0 fully saturated rings. The van der Waals surface area contributed by atoms with Crippen LogP contribution in [0.1, 0.15) is 16.8 Å². The second-order valence-electron chi connectivity index (χ2n) is 2.90. The van der Waals surface area contributed by atoms with E-state index in [2.05, 4.69) is 9.72 Å². The molecule has 0 saturated carbocycles. The van der Waals surface area contributed by atoms with Gasteiger partial charge in [-0.2, -0.15) is 5.26 Å². The predicted octanol–water partition coefficient (Wildman–Crippen LogP) is 2.47. The molecule has 0 atom stereocenters. The Balaban J connectivity index is 3.20. The minimum Gasteiger partial charge on any atom is -0.388 e. The summed E-state index contributed by atoms with van der Waals surface area (Å²) in [6.07, 6.45) is -4.79. The molecular weight excluding hydrogens is 209 g/mol. The van der Waals surface area contributed by atoms with Gasteiger partial charge in [0.15, 0.2) is 0 Å². The molecule has 0 N–H and O–H groups in total. The predicted molar refractivity (Wildman–Crippen MR) is 45.1 cm³/mol. The lowest BCUT2D eigenvalue weighted by Crippen LogP contribution is -2.19. The summed E-state index contributed by atoms with van der Waals surface area (Å²) in [6, 6.07) is 3.18. The molecule has 1 aromatic heterocycles. The van der Waals surface area contributed by atoms with Crippen LogP contribution in [0.25, 0.3) is 0 Å². The van der Waals surface area contributed by atoms with E-state index in [0.29, 0.717) is 5.69 Å². The second kappa shape index (κ2) is 3.77. The standard InChI is InChI=1S/C9H7F3N2O/c1-5-3-7(4-13)6(2)8(14-5)15-9(10,11)12/h3H,1-2H3. The molecule has 0 saturated heterocycles. The monoisotopic (exact) mass is 216 g/mol. The molecule has 1 aromatic rings. The Hall–Kier alpha value is -1.77. The molecule has 0 amide bonds. The van der Waals surface area contributed by atoms with Gasteiger partial charge in [0.25, 0.3) is 0 Å². The summed E-state index contributed by atoms with van der Waals surface area (Å²) in [5, 5.41) is 8.65. The number of aryl methyl sites for hydroxylation is 1. The largest absolute Gasteiger partial charge is 0.574 e. The summed E-state index contributed by atoms with van der Waals surface area (Å²) < 4.78 is 39.5. The quantitative estimate of drug-likeness (QED) is 0.724. The third-order valence-corrected chi connectivity index (χ3v) is 1.69. The normalized spacial score (nSPS) is 10.9. The molecule has 0 spiro atoms. The minimum atomic E-state index is -4.79. The van der Waals surface area contributed by atoms with Gasteiger partial charge in [-0.25, -0.2) is 4.98 Å². The Kier molecular flexibility index (Phi) is 2.84. The van der Waals surface area contributed by atoms with Crippen LogP contribution in [0.5, 0.6) is 5.88 Å². The molecular formula is C9H7F3N2O. The number of nitrogens with zero attached hydrogens (tertiary/aromatic N) is 2. The zero-order valence-electron chi connectivity index (χ0n) is 8.01. The zero-order valence-corrected chi connectivity index (χ0v) is 8.01. The van der Waals surface area contributed by atoms with Crippen molar-refractivity contribution in [1.29, 1.82) is 5.26 Å². The first-order valence-electron chi connectivity index (χ1n) is 3.97. The summed E-state index contributed by atoms with van der Waals surface area (Å²) >= 11 is 0. The van der Waals surface area contributed by atoms with Crippen molar-refractivity contribution in [3.8, 4) is 11.9 Å². The summed E-state index contributed by atoms with van der Waals surface area (Å²) in [6.45, 7) is 2.84. The van der Waals surface area contributed by atoms with Crippen LogP contribution in [0, 0.1) is 25.2 Å². The van der Waals surface area contributed by atoms with Gasteiger partial charge in [-0.05, 0) is 19.9 Å². The Morgan fingerprint density at radius 2 is 2.00 bits per heavy atom. The van der Waals surface area contributed by atoms with E-state index in [4.69, 9.17) is 5.26 Å². The van der Waals surface area contributed by atoms with Crippen molar-refractivity contribution in [2.24, 2.45) is 0 Å². The first kappa shape index (κ1) is 11.3. The highest BCUT2D eigenvalue weighted by molar-refractivity contribution is 5.43. The molecule has 3 nitrogen and oxygen atoms in total. The third-order valence-electron chi connectivity index (χ3n) is 1.69. The van der Waals surface area contributed by atoms with Gasteiger partial charge in [-0.15, -0.1) is 13.2 Å². The van der Waals surface area contributed by atoms with E-state index in [-0.39, 0.29) is 11.1 Å². The van der Waals surface area contributed by atoms with Gasteiger partial charge < -0.3 is 4.74 Å². The topological polar surface area (TPSA) is 45.9 Å². The molecule has 15 heavy (non-hydrogen) atoms. The maximum atomic E-state index is 11.9. The lowest BCUT2D eigenvalue weighted by atomic mass is 10.1. The SMILES string of the molecule is Cc1cc(C#N)c(C)c(OC(F)(F)F)n1. The smallest absolute Gasteiger partial charge is 0.388 e. The molecule has 0 aliphatic heterocycles. The van der Waals surface area contributed by atoms with Crippen LogP contribution in [0.15, 0.2) is 6.07 Å². The van der Waals surface area contributed by atoms with Gasteiger partial charge in [0.2, 0.25) is 5.88 Å². The Bertz CT molecular complexity index is 421. The van der Waals surface area contributed by atoms with Gasteiger partial charge in [0.1, 0.15) is 0 Å². The highest BCUT2D eigenvalue weighted by atomic mass is 19.4. The van der Waals surface area contributed by atoms with Crippen molar-refractivity contribution in [2.75, 3.05) is 0 Å². The lowest BCUT2D eigenvalue weighted by molar-refractivity contribution is -0.276. The number of rotatable bonds is 1. The lowest BCUT2D eigenvalue weighted by Gasteiger charge is -2.11. The van der Waals surface area contributed by atoms with E-state index in [1.54, 1.807) is 6.07 Å². The van der Waals surface area contributed by atoms with Crippen LogP contribution < -0.4 is 4.74 Å². The fraction of sp³-hybridized carbons (Fsp3) is 0.333. The number of nitriles is 1. The van der Waals surface area contributed by atoms with Crippen LogP contribution in [0.4, 0.5) is 13.2 Å². The average molecular weight is 216 g/mol. The van der Waals surface area contributed by atoms with Crippen LogP contribution in [0.3, 0.4) is 0 Å². The number of ether oxygens (including phenoxy) is 1. The summed E-state index contributed by atoms with van der Waals surface area (Å²) in [5.41, 5.74) is 0.513. The Morgan fingerprint density at radius 3 is 2.47 bits per heavy atom. The van der Waals surface area contributed by atoms with Gasteiger partial charge in [0, 0.05) is 11.3 Å². The molecule has 0 unspecified atom stereocenters. The van der Waals surface area contributed by atoms with Crippen LogP contribution in [-0.4, -0.2) is 11.3 Å². The number of hydrogen-bond acceptors (Lipinski definition) is 3. The van der Waals surface area contributed by atoms with Gasteiger partial charge in [-0.3, -0.25) is 0 Å². The van der Waals surface area contributed by atoms with Crippen molar-refractivity contribution in [3.05, 3.63) is 22.9 Å². The van der Waals surface area contributed by atoms with Crippen LogP contribution in [0.2, 0.25) is 0 Å². The maximum absolute atomic E-state index is 11.9. The zero-order chi connectivity index (χ0) is 11.6. The van der Waals surface area contributed by atoms with Crippen molar-refractivity contribution in [2.45, 2.75) is 20.2 Å². The molecule has 0 radical (unpaired) electrons. The van der Waals surface area contributed by atoms with Crippen LogP contribution >= 0.6 is 0 Å².